The van der Waals surface area contributed by atoms with Crippen LogP contribution in [0.3, 0.4) is 0 Å². The van der Waals surface area contributed by atoms with Crippen molar-refractivity contribution < 1.29 is 17.6 Å². The van der Waals surface area contributed by atoms with E-state index in [2.05, 4.69) is 5.43 Å². The van der Waals surface area contributed by atoms with Gasteiger partial charge in [-0.25, -0.2) is 12.8 Å². The van der Waals surface area contributed by atoms with Crippen molar-refractivity contribution in [3.63, 3.8) is 0 Å². The topological polar surface area (TPSA) is 75.3 Å². The van der Waals surface area contributed by atoms with Gasteiger partial charge in [0, 0.05) is 4.88 Å². The van der Waals surface area contributed by atoms with E-state index in [4.69, 9.17) is 0 Å². The molecule has 3 rings (SSSR count). The summed E-state index contributed by atoms with van der Waals surface area (Å²) in [7, 11) is -3.93. The number of hydrazine groups is 1. The average molecular weight is 354 g/mol. The lowest BCUT2D eigenvalue weighted by Crippen LogP contribution is -2.41. The lowest BCUT2D eigenvalue weighted by atomic mass is 9.99. The third-order valence-electron chi connectivity index (χ3n) is 3.64. The van der Waals surface area contributed by atoms with Gasteiger partial charge in [-0.1, -0.05) is 0 Å². The van der Waals surface area contributed by atoms with Crippen LogP contribution in [0.15, 0.2) is 35.2 Å². The van der Waals surface area contributed by atoms with Crippen molar-refractivity contribution >= 4 is 27.3 Å². The van der Waals surface area contributed by atoms with Crippen molar-refractivity contribution in [3.8, 4) is 0 Å². The maximum atomic E-state index is 12.8. The summed E-state index contributed by atoms with van der Waals surface area (Å²) in [6, 6.07) is 6.18. The highest BCUT2D eigenvalue weighted by molar-refractivity contribution is 7.89. The summed E-state index contributed by atoms with van der Waals surface area (Å²) in [6.07, 6.45) is 4.16. The first-order chi connectivity index (χ1) is 11.0. The molecule has 0 unspecified atom stereocenters. The van der Waals surface area contributed by atoms with Crippen LogP contribution in [0.5, 0.6) is 0 Å². The first-order valence-corrected chi connectivity index (χ1v) is 9.45. The minimum absolute atomic E-state index is 0.121. The standard InChI is InChI=1S/C15H15FN2O3S2/c16-11-5-7-12(8-6-11)23(20,21)18-17-15(19)14-9-10-3-1-2-4-13(10)22-14/h5-9,18H,1-4H2,(H,17,19). The highest BCUT2D eigenvalue weighted by Crippen LogP contribution is 2.29. The number of aryl methyl sites for hydroxylation is 2. The fourth-order valence-electron chi connectivity index (χ4n) is 2.45. The van der Waals surface area contributed by atoms with Gasteiger partial charge in [-0.3, -0.25) is 10.2 Å². The Kier molecular flexibility index (Phi) is 4.47. The van der Waals surface area contributed by atoms with E-state index < -0.39 is 21.7 Å². The molecule has 0 atom stereocenters. The predicted octanol–water partition coefficient (Wildman–Crippen LogP) is 2.39. The Labute approximate surface area is 137 Å². The zero-order valence-electron chi connectivity index (χ0n) is 12.1. The molecule has 122 valence electrons. The third kappa shape index (κ3) is 3.60. The molecule has 8 heteroatoms. The van der Waals surface area contributed by atoms with E-state index in [0.29, 0.717) is 4.88 Å². The number of rotatable bonds is 4. The molecule has 1 aliphatic rings. The van der Waals surface area contributed by atoms with E-state index in [1.54, 1.807) is 0 Å². The fourth-order valence-corrected chi connectivity index (χ4v) is 4.44. The van der Waals surface area contributed by atoms with Crippen molar-refractivity contribution in [1.82, 2.24) is 10.3 Å². The molecule has 5 nitrogen and oxygen atoms in total. The van der Waals surface area contributed by atoms with Gasteiger partial charge in [0.25, 0.3) is 15.9 Å². The quantitative estimate of drug-likeness (QED) is 0.828. The Bertz CT molecular complexity index is 805. The Balaban J connectivity index is 1.68. The monoisotopic (exact) mass is 354 g/mol. The number of carbonyl (C=O) groups is 1. The molecule has 1 heterocycles. The van der Waals surface area contributed by atoms with Gasteiger partial charge in [0.05, 0.1) is 9.77 Å². The number of hydrogen-bond acceptors (Lipinski definition) is 4. The maximum absolute atomic E-state index is 12.8. The molecule has 0 radical (unpaired) electrons. The van der Waals surface area contributed by atoms with Gasteiger partial charge in [-0.2, -0.15) is 0 Å². The number of amides is 1. The highest BCUT2D eigenvalue weighted by Gasteiger charge is 2.19. The SMILES string of the molecule is O=C(NNS(=O)(=O)c1ccc(F)cc1)c1cc2c(s1)CCCC2. The Morgan fingerprint density at radius 3 is 2.52 bits per heavy atom. The van der Waals surface area contributed by atoms with Crippen molar-refractivity contribution in [2.24, 2.45) is 0 Å². The van der Waals surface area contributed by atoms with Crippen LogP contribution in [0.25, 0.3) is 0 Å². The summed E-state index contributed by atoms with van der Waals surface area (Å²) in [6.45, 7) is 0. The van der Waals surface area contributed by atoms with E-state index in [0.717, 1.165) is 49.9 Å². The van der Waals surface area contributed by atoms with E-state index in [-0.39, 0.29) is 4.90 Å². The van der Waals surface area contributed by atoms with Crippen molar-refractivity contribution in [3.05, 3.63) is 51.5 Å². The second kappa shape index (κ2) is 6.38. The molecular formula is C15H15FN2O3S2. The lowest BCUT2D eigenvalue weighted by molar-refractivity contribution is 0.0949. The summed E-state index contributed by atoms with van der Waals surface area (Å²) >= 11 is 1.40. The molecule has 0 spiro atoms. The van der Waals surface area contributed by atoms with Gasteiger partial charge >= 0.3 is 0 Å². The smallest absolute Gasteiger partial charge is 0.273 e. The molecule has 0 fully saturated rings. The minimum atomic E-state index is -3.93. The third-order valence-corrected chi connectivity index (χ3v) is 6.14. The van der Waals surface area contributed by atoms with Crippen LogP contribution in [0.4, 0.5) is 4.39 Å². The zero-order chi connectivity index (χ0) is 16.4. The van der Waals surface area contributed by atoms with E-state index >= 15 is 0 Å². The number of hydrogen-bond donors (Lipinski definition) is 2. The maximum Gasteiger partial charge on any atom is 0.276 e. The number of benzene rings is 1. The lowest BCUT2D eigenvalue weighted by Gasteiger charge is -2.08. The normalized spacial score (nSPS) is 14.3. The molecule has 0 bridgehead atoms. The summed E-state index contributed by atoms with van der Waals surface area (Å²) in [5, 5.41) is 0. The van der Waals surface area contributed by atoms with Crippen LogP contribution in [0.1, 0.15) is 33.0 Å². The number of carbonyl (C=O) groups excluding carboxylic acids is 1. The van der Waals surface area contributed by atoms with Crippen LogP contribution in [-0.4, -0.2) is 14.3 Å². The average Bonchev–Trinajstić information content (AvgIpc) is 2.97. The van der Waals surface area contributed by atoms with Crippen molar-refractivity contribution in [1.29, 1.82) is 0 Å². The van der Waals surface area contributed by atoms with Gasteiger partial charge in [-0.15, -0.1) is 16.2 Å². The van der Waals surface area contributed by atoms with E-state index in [1.165, 1.54) is 21.8 Å². The van der Waals surface area contributed by atoms with Crippen molar-refractivity contribution in [2.75, 3.05) is 0 Å². The number of halogens is 1. The van der Waals surface area contributed by atoms with Crippen LogP contribution >= 0.6 is 11.3 Å². The number of thiophene rings is 1. The second-order valence-electron chi connectivity index (χ2n) is 5.28. The van der Waals surface area contributed by atoms with Crippen LogP contribution < -0.4 is 10.3 Å². The first kappa shape index (κ1) is 16.1. The van der Waals surface area contributed by atoms with Gasteiger partial charge in [0.2, 0.25) is 0 Å². The van der Waals surface area contributed by atoms with Crippen LogP contribution in [0.2, 0.25) is 0 Å². The molecule has 2 N–H and O–H groups in total. The molecule has 23 heavy (non-hydrogen) atoms. The Hall–Kier alpha value is -1.77. The van der Waals surface area contributed by atoms with Gasteiger partial charge in [0.15, 0.2) is 0 Å². The van der Waals surface area contributed by atoms with Crippen LogP contribution in [0, 0.1) is 5.82 Å². The largest absolute Gasteiger partial charge is 0.276 e. The summed E-state index contributed by atoms with van der Waals surface area (Å²) in [5.41, 5.74) is 3.38. The summed E-state index contributed by atoms with van der Waals surface area (Å²) < 4.78 is 36.9. The fraction of sp³-hybridized carbons (Fsp3) is 0.267. The molecule has 1 aliphatic carbocycles. The first-order valence-electron chi connectivity index (χ1n) is 7.15. The number of nitrogens with one attached hydrogen (secondary N) is 2. The molecule has 2 aromatic rings. The van der Waals surface area contributed by atoms with Gasteiger partial charge in [-0.05, 0) is 61.6 Å². The Morgan fingerprint density at radius 2 is 1.83 bits per heavy atom. The zero-order valence-corrected chi connectivity index (χ0v) is 13.8. The molecule has 1 aromatic carbocycles. The molecule has 1 aromatic heterocycles. The van der Waals surface area contributed by atoms with E-state index in [1.807, 2.05) is 10.9 Å². The van der Waals surface area contributed by atoms with Gasteiger partial charge in [0.1, 0.15) is 5.82 Å². The molecule has 0 aliphatic heterocycles. The summed E-state index contributed by atoms with van der Waals surface area (Å²) in [4.78, 5) is 15.7. The van der Waals surface area contributed by atoms with Gasteiger partial charge < -0.3 is 0 Å². The predicted molar refractivity (Wildman–Crippen MR) is 85.1 cm³/mol. The molecule has 0 saturated heterocycles. The highest BCUT2D eigenvalue weighted by atomic mass is 32.2. The summed E-state index contributed by atoms with van der Waals surface area (Å²) in [5.74, 6) is -1.02. The molecular weight excluding hydrogens is 339 g/mol. The molecule has 1 amide bonds. The van der Waals surface area contributed by atoms with E-state index in [9.17, 15) is 17.6 Å². The Morgan fingerprint density at radius 1 is 1.13 bits per heavy atom. The number of sulfonamides is 1. The number of fused-ring (bicyclic) bond motifs is 1. The van der Waals surface area contributed by atoms with Crippen molar-refractivity contribution in [2.45, 2.75) is 30.6 Å². The second-order valence-corrected chi connectivity index (χ2v) is 8.10. The minimum Gasteiger partial charge on any atom is -0.273 e. The van der Waals surface area contributed by atoms with Crippen LogP contribution in [-0.2, 0) is 22.9 Å². The molecule has 0 saturated carbocycles.